The van der Waals surface area contributed by atoms with Crippen LogP contribution in [0.5, 0.6) is 5.75 Å². The number of imide groups is 1. The summed E-state index contributed by atoms with van der Waals surface area (Å²) in [5, 5.41) is 7.02. The first-order chi connectivity index (χ1) is 14.0. The van der Waals surface area contributed by atoms with E-state index in [1.807, 2.05) is 49.0 Å². The summed E-state index contributed by atoms with van der Waals surface area (Å²) in [6.07, 6.45) is 1.98. The molecule has 6 rings (SSSR count). The maximum absolute atomic E-state index is 12.9. The fourth-order valence-corrected chi connectivity index (χ4v) is 4.86. The van der Waals surface area contributed by atoms with Gasteiger partial charge >= 0.3 is 0 Å². The highest BCUT2D eigenvalue weighted by Gasteiger charge is 2.34. The van der Waals surface area contributed by atoms with Crippen molar-refractivity contribution in [2.75, 3.05) is 7.11 Å². The third kappa shape index (κ3) is 1.85. The molecule has 6 heteroatoms. The molecule has 6 nitrogen and oxygen atoms in total. The standard InChI is InChI=1S/C23H17N3O3/c1-10-8-11-6-7-26(2)21(11)17-15(10)20-16(18-19(17)23(28)25-22(18)27)13-5-4-12(29-3)9-14(13)24-20/h4-9,24H,1-3H3,(H,25,27,28). The number of aromatic amines is 1. The Morgan fingerprint density at radius 2 is 1.72 bits per heavy atom. The highest BCUT2D eigenvalue weighted by atomic mass is 16.5. The molecule has 142 valence electrons. The molecule has 1 aliphatic rings. The van der Waals surface area contributed by atoms with Crippen LogP contribution < -0.4 is 10.1 Å². The Morgan fingerprint density at radius 3 is 2.48 bits per heavy atom. The molecule has 0 aliphatic carbocycles. The summed E-state index contributed by atoms with van der Waals surface area (Å²) in [6.45, 7) is 2.04. The van der Waals surface area contributed by atoms with Crippen molar-refractivity contribution >= 4 is 55.3 Å². The van der Waals surface area contributed by atoms with E-state index < -0.39 is 0 Å². The number of nitrogens with zero attached hydrogens (tertiary/aromatic N) is 1. The van der Waals surface area contributed by atoms with Gasteiger partial charge in [0, 0.05) is 46.2 Å². The summed E-state index contributed by atoms with van der Waals surface area (Å²) in [7, 11) is 3.58. The van der Waals surface area contributed by atoms with E-state index in [1.165, 1.54) is 0 Å². The Balaban J connectivity index is 2.00. The lowest BCUT2D eigenvalue weighted by Gasteiger charge is -2.12. The van der Waals surface area contributed by atoms with Crippen LogP contribution >= 0.6 is 0 Å². The van der Waals surface area contributed by atoms with Crippen LogP contribution in [0.15, 0.2) is 36.5 Å². The van der Waals surface area contributed by atoms with Gasteiger partial charge < -0.3 is 14.3 Å². The van der Waals surface area contributed by atoms with Crippen molar-refractivity contribution in [2.45, 2.75) is 6.92 Å². The van der Waals surface area contributed by atoms with Crippen LogP contribution in [0, 0.1) is 6.92 Å². The number of methoxy groups -OCH3 is 1. The number of carbonyl (C=O) groups excluding carboxylic acids is 2. The number of rotatable bonds is 1. The van der Waals surface area contributed by atoms with Crippen molar-refractivity contribution in [3.05, 3.63) is 53.2 Å². The van der Waals surface area contributed by atoms with E-state index in [2.05, 4.69) is 16.4 Å². The number of aromatic nitrogens is 2. The maximum atomic E-state index is 12.9. The highest BCUT2D eigenvalue weighted by molar-refractivity contribution is 6.39. The first-order valence-corrected chi connectivity index (χ1v) is 9.39. The van der Waals surface area contributed by atoms with Gasteiger partial charge in [0.2, 0.25) is 0 Å². The van der Waals surface area contributed by atoms with Gasteiger partial charge in [-0.3, -0.25) is 14.9 Å². The van der Waals surface area contributed by atoms with Gasteiger partial charge in [0.1, 0.15) is 5.75 Å². The number of hydrogen-bond acceptors (Lipinski definition) is 3. The molecule has 0 bridgehead atoms. The SMILES string of the molecule is COc1ccc2c(c1)[nH]c1c2c2c(c3c1c(C)cc1ccn(C)c13)C(=O)NC2=O. The summed E-state index contributed by atoms with van der Waals surface area (Å²) in [4.78, 5) is 29.3. The van der Waals surface area contributed by atoms with Crippen LogP contribution in [0.3, 0.4) is 0 Å². The van der Waals surface area contributed by atoms with Gasteiger partial charge in [0.15, 0.2) is 0 Å². The van der Waals surface area contributed by atoms with E-state index in [1.54, 1.807) is 7.11 Å². The van der Waals surface area contributed by atoms with E-state index in [0.29, 0.717) is 11.1 Å². The molecule has 5 aromatic rings. The van der Waals surface area contributed by atoms with Crippen molar-refractivity contribution in [3.63, 3.8) is 0 Å². The van der Waals surface area contributed by atoms with Crippen molar-refractivity contribution in [3.8, 4) is 5.75 Å². The van der Waals surface area contributed by atoms with Gasteiger partial charge in [-0.05, 0) is 36.8 Å². The molecule has 3 aromatic carbocycles. The molecule has 0 saturated heterocycles. The average molecular weight is 383 g/mol. The van der Waals surface area contributed by atoms with Crippen LogP contribution in [0.25, 0.3) is 43.5 Å². The molecule has 0 atom stereocenters. The Kier molecular flexibility index (Phi) is 2.88. The number of amides is 2. The molecule has 29 heavy (non-hydrogen) atoms. The molecule has 1 aliphatic heterocycles. The summed E-state index contributed by atoms with van der Waals surface area (Å²) in [6, 6.07) is 9.88. The Morgan fingerprint density at radius 1 is 0.966 bits per heavy atom. The van der Waals surface area contributed by atoms with E-state index >= 15 is 0 Å². The molecule has 2 amide bonds. The van der Waals surface area contributed by atoms with Crippen LogP contribution in [-0.2, 0) is 7.05 Å². The molecule has 3 heterocycles. The second-order valence-electron chi connectivity index (χ2n) is 7.63. The Bertz CT molecular complexity index is 1570. The minimum absolute atomic E-state index is 0.340. The third-order valence-corrected chi connectivity index (χ3v) is 6.04. The second-order valence-corrected chi connectivity index (χ2v) is 7.63. The quantitative estimate of drug-likeness (QED) is 0.427. The third-order valence-electron chi connectivity index (χ3n) is 6.04. The second kappa shape index (κ2) is 5.17. The van der Waals surface area contributed by atoms with E-state index in [4.69, 9.17) is 4.74 Å². The predicted molar refractivity (Wildman–Crippen MR) is 113 cm³/mol. The zero-order valence-electron chi connectivity index (χ0n) is 16.1. The van der Waals surface area contributed by atoms with Crippen LogP contribution in [-0.4, -0.2) is 28.5 Å². The monoisotopic (exact) mass is 383 g/mol. The number of ether oxygens (including phenoxy) is 1. The first-order valence-electron chi connectivity index (χ1n) is 9.39. The zero-order valence-corrected chi connectivity index (χ0v) is 16.1. The van der Waals surface area contributed by atoms with Gasteiger partial charge in [0.05, 0.1) is 34.8 Å². The smallest absolute Gasteiger partial charge is 0.259 e. The molecule has 2 aromatic heterocycles. The predicted octanol–water partition coefficient (Wildman–Crippen LogP) is 4.17. The lowest BCUT2D eigenvalue weighted by atomic mass is 9.91. The minimum Gasteiger partial charge on any atom is -0.497 e. The van der Waals surface area contributed by atoms with Crippen molar-refractivity contribution < 1.29 is 14.3 Å². The van der Waals surface area contributed by atoms with Gasteiger partial charge in [-0.25, -0.2) is 0 Å². The molecule has 0 saturated carbocycles. The van der Waals surface area contributed by atoms with Gasteiger partial charge in [-0.2, -0.15) is 0 Å². The Hall–Kier alpha value is -3.80. The van der Waals surface area contributed by atoms with Crippen molar-refractivity contribution in [2.24, 2.45) is 7.05 Å². The molecule has 0 spiro atoms. The molecular formula is C23H17N3O3. The number of H-pyrrole nitrogens is 1. The van der Waals surface area contributed by atoms with Gasteiger partial charge in [-0.1, -0.05) is 0 Å². The fourth-order valence-electron chi connectivity index (χ4n) is 4.86. The molecule has 0 radical (unpaired) electrons. The van der Waals surface area contributed by atoms with Gasteiger partial charge in [-0.15, -0.1) is 0 Å². The average Bonchev–Trinajstić information content (AvgIpc) is 3.34. The van der Waals surface area contributed by atoms with Crippen LogP contribution in [0.4, 0.5) is 0 Å². The largest absolute Gasteiger partial charge is 0.497 e. The number of benzene rings is 3. The number of aryl methyl sites for hydroxylation is 2. The van der Waals surface area contributed by atoms with Crippen molar-refractivity contribution in [1.29, 1.82) is 0 Å². The number of fused-ring (bicyclic) bond motifs is 10. The Labute approximate surface area is 165 Å². The van der Waals surface area contributed by atoms with Crippen LogP contribution in [0.1, 0.15) is 26.3 Å². The zero-order chi connectivity index (χ0) is 20.0. The van der Waals surface area contributed by atoms with E-state index in [0.717, 1.165) is 54.8 Å². The lowest BCUT2D eigenvalue weighted by Crippen LogP contribution is -2.20. The van der Waals surface area contributed by atoms with Crippen LogP contribution in [0.2, 0.25) is 0 Å². The highest BCUT2D eigenvalue weighted by Crippen LogP contribution is 2.43. The normalized spacial score (nSPS) is 13.8. The fraction of sp³-hybridized carbons (Fsp3) is 0.130. The van der Waals surface area contributed by atoms with Gasteiger partial charge in [0.25, 0.3) is 11.8 Å². The molecular weight excluding hydrogens is 366 g/mol. The topological polar surface area (TPSA) is 76.1 Å². The summed E-state index contributed by atoms with van der Waals surface area (Å²) in [5.41, 5.74) is 4.65. The molecule has 0 unspecified atom stereocenters. The number of hydrogen-bond donors (Lipinski definition) is 2. The van der Waals surface area contributed by atoms with Crippen molar-refractivity contribution in [1.82, 2.24) is 14.9 Å². The summed E-state index contributed by atoms with van der Waals surface area (Å²) in [5.74, 6) is 0.0393. The van der Waals surface area contributed by atoms with E-state index in [-0.39, 0.29) is 11.8 Å². The summed E-state index contributed by atoms with van der Waals surface area (Å²) < 4.78 is 7.37. The molecule has 0 fully saturated rings. The summed E-state index contributed by atoms with van der Waals surface area (Å²) >= 11 is 0. The maximum Gasteiger partial charge on any atom is 0.259 e. The number of carbonyl (C=O) groups is 2. The van der Waals surface area contributed by atoms with E-state index in [9.17, 15) is 9.59 Å². The minimum atomic E-state index is -0.350. The lowest BCUT2D eigenvalue weighted by molar-refractivity contribution is 0.0880. The molecule has 2 N–H and O–H groups in total. The number of nitrogens with one attached hydrogen (secondary N) is 2. The first kappa shape index (κ1) is 16.2.